The van der Waals surface area contributed by atoms with Gasteiger partial charge in [0.05, 0.1) is 6.61 Å². The van der Waals surface area contributed by atoms with Gasteiger partial charge in [0.15, 0.2) is 0 Å². The van der Waals surface area contributed by atoms with Crippen molar-refractivity contribution in [3.05, 3.63) is 35.9 Å². The number of fused-ring (bicyclic) bond motifs is 1. The fraction of sp³-hybridized carbons (Fsp3) is 0.684. The Morgan fingerprint density at radius 3 is 2.57 bits per heavy atom. The molecule has 2 saturated carbocycles. The molecule has 1 N–H and O–H groups in total. The molecule has 1 saturated heterocycles. The number of rotatable bonds is 4. The van der Waals surface area contributed by atoms with Crippen LogP contribution in [0.15, 0.2) is 30.3 Å². The quantitative estimate of drug-likeness (QED) is 0.913. The highest BCUT2D eigenvalue weighted by molar-refractivity contribution is 5.28. The summed E-state index contributed by atoms with van der Waals surface area (Å²) in [6.45, 7) is 3.08. The average molecular weight is 285 g/mol. The van der Waals surface area contributed by atoms with Gasteiger partial charge in [-0.3, -0.25) is 0 Å². The van der Waals surface area contributed by atoms with E-state index in [-0.39, 0.29) is 0 Å². The molecule has 3 fully saturated rings. The van der Waals surface area contributed by atoms with E-state index in [1.54, 1.807) is 5.56 Å². The van der Waals surface area contributed by atoms with Crippen molar-refractivity contribution in [1.82, 2.24) is 5.32 Å². The highest BCUT2D eigenvalue weighted by Crippen LogP contribution is 2.54. The van der Waals surface area contributed by atoms with Crippen LogP contribution < -0.4 is 5.32 Å². The molecule has 0 aromatic heterocycles. The summed E-state index contributed by atoms with van der Waals surface area (Å²) < 4.78 is 5.52. The smallest absolute Gasteiger partial charge is 0.0507 e. The summed E-state index contributed by atoms with van der Waals surface area (Å²) >= 11 is 0. The zero-order chi connectivity index (χ0) is 14.1. The third-order valence-electron chi connectivity index (χ3n) is 6.03. The third-order valence-corrected chi connectivity index (χ3v) is 6.03. The van der Waals surface area contributed by atoms with Gasteiger partial charge in [-0.05, 0) is 42.6 Å². The summed E-state index contributed by atoms with van der Waals surface area (Å²) in [5.74, 6) is 3.34. The average Bonchev–Trinajstić information content (AvgIpc) is 3.03. The van der Waals surface area contributed by atoms with Crippen molar-refractivity contribution in [2.75, 3.05) is 19.8 Å². The maximum atomic E-state index is 5.52. The highest BCUT2D eigenvalue weighted by atomic mass is 16.5. The van der Waals surface area contributed by atoms with Gasteiger partial charge >= 0.3 is 0 Å². The fourth-order valence-electron chi connectivity index (χ4n) is 4.92. The Bertz CT molecular complexity index is 454. The van der Waals surface area contributed by atoms with Crippen molar-refractivity contribution in [2.45, 2.75) is 44.1 Å². The van der Waals surface area contributed by atoms with Crippen molar-refractivity contribution in [1.29, 1.82) is 0 Å². The van der Waals surface area contributed by atoms with Crippen LogP contribution in [-0.2, 0) is 4.74 Å². The molecule has 2 heteroatoms. The lowest BCUT2D eigenvalue weighted by Crippen LogP contribution is -2.58. The third kappa shape index (κ3) is 2.64. The summed E-state index contributed by atoms with van der Waals surface area (Å²) in [5.41, 5.74) is 1.56. The van der Waals surface area contributed by atoms with Crippen molar-refractivity contribution in [2.24, 2.45) is 17.8 Å². The van der Waals surface area contributed by atoms with Crippen molar-refractivity contribution in [3.8, 4) is 0 Å². The zero-order valence-corrected chi connectivity index (χ0v) is 12.8. The van der Waals surface area contributed by atoms with Crippen LogP contribution in [0.1, 0.15) is 43.6 Å². The van der Waals surface area contributed by atoms with Crippen molar-refractivity contribution in [3.63, 3.8) is 0 Å². The van der Waals surface area contributed by atoms with Gasteiger partial charge in [-0.15, -0.1) is 0 Å². The normalized spacial score (nSPS) is 38.8. The molecule has 1 heterocycles. The first-order chi connectivity index (χ1) is 10.4. The minimum absolute atomic E-state index is 0.707. The van der Waals surface area contributed by atoms with Crippen molar-refractivity contribution < 1.29 is 4.74 Å². The van der Waals surface area contributed by atoms with E-state index < -0.39 is 0 Å². The largest absolute Gasteiger partial charge is 0.381 e. The molecular formula is C19H27NO. The molecule has 1 aliphatic heterocycles. The van der Waals surface area contributed by atoms with E-state index in [1.807, 2.05) is 0 Å². The van der Waals surface area contributed by atoms with Crippen molar-refractivity contribution >= 4 is 0 Å². The van der Waals surface area contributed by atoms with Crippen LogP contribution in [0.3, 0.4) is 0 Å². The Kier molecular flexibility index (Phi) is 4.00. The Hall–Kier alpha value is -0.860. The molecule has 2 aliphatic carbocycles. The van der Waals surface area contributed by atoms with E-state index in [0.29, 0.717) is 6.04 Å². The number of hydrogen-bond acceptors (Lipinski definition) is 2. The van der Waals surface area contributed by atoms with E-state index in [1.165, 1.54) is 32.1 Å². The highest BCUT2D eigenvalue weighted by Gasteiger charge is 2.50. The summed E-state index contributed by atoms with van der Waals surface area (Å²) in [5, 5.41) is 3.93. The van der Waals surface area contributed by atoms with Crippen LogP contribution in [0.25, 0.3) is 0 Å². The predicted octanol–water partition coefficient (Wildman–Crippen LogP) is 3.58. The Labute approximate surface area is 128 Å². The van der Waals surface area contributed by atoms with E-state index >= 15 is 0 Å². The molecule has 0 amide bonds. The van der Waals surface area contributed by atoms with Gasteiger partial charge in [0, 0.05) is 25.1 Å². The minimum Gasteiger partial charge on any atom is -0.381 e. The Morgan fingerprint density at radius 2 is 1.81 bits per heavy atom. The number of nitrogens with one attached hydrogen (secondary N) is 1. The monoisotopic (exact) mass is 285 g/mol. The maximum absolute atomic E-state index is 5.52. The fourth-order valence-corrected chi connectivity index (χ4v) is 4.92. The standard InChI is InChI=1S/C19H27NO/c1-2-6-15(7-3-1)18-16-8-4-5-9-17(16)19(18)20-12-14-10-11-21-13-14/h1-3,6-7,14,16-20H,4-5,8-13H2/t14-,16-,17+,18+,19+/m1/s1. The lowest BCUT2D eigenvalue weighted by atomic mass is 9.53. The molecule has 114 valence electrons. The number of ether oxygens (including phenoxy) is 1. The SMILES string of the molecule is c1ccc([C@H]2[C@@H]3CCCC[C@@H]3[C@@H]2NC[C@H]2CCOC2)cc1. The molecule has 0 spiro atoms. The van der Waals surface area contributed by atoms with E-state index in [4.69, 9.17) is 4.74 Å². The van der Waals surface area contributed by atoms with Gasteiger partial charge < -0.3 is 10.1 Å². The number of benzene rings is 1. The summed E-state index contributed by atoms with van der Waals surface area (Å²) in [6.07, 6.45) is 6.99. The molecule has 3 aliphatic rings. The Balaban J connectivity index is 1.46. The molecule has 1 aromatic carbocycles. The van der Waals surface area contributed by atoms with Crippen LogP contribution in [0.2, 0.25) is 0 Å². The van der Waals surface area contributed by atoms with E-state index in [2.05, 4.69) is 35.6 Å². The van der Waals surface area contributed by atoms with Crippen LogP contribution in [0.4, 0.5) is 0 Å². The summed E-state index contributed by atoms with van der Waals surface area (Å²) in [4.78, 5) is 0. The number of hydrogen-bond donors (Lipinski definition) is 1. The van der Waals surface area contributed by atoms with Gasteiger partial charge in [-0.2, -0.15) is 0 Å². The van der Waals surface area contributed by atoms with Gasteiger partial charge in [-0.1, -0.05) is 43.2 Å². The molecule has 0 bridgehead atoms. The molecule has 4 rings (SSSR count). The van der Waals surface area contributed by atoms with Crippen LogP contribution in [0.5, 0.6) is 0 Å². The summed E-state index contributed by atoms with van der Waals surface area (Å²) in [6, 6.07) is 11.9. The Morgan fingerprint density at radius 1 is 1.00 bits per heavy atom. The van der Waals surface area contributed by atoms with Gasteiger partial charge in [0.25, 0.3) is 0 Å². The van der Waals surface area contributed by atoms with E-state index in [9.17, 15) is 0 Å². The molecule has 2 nitrogen and oxygen atoms in total. The second-order valence-corrected chi connectivity index (χ2v) is 7.21. The maximum Gasteiger partial charge on any atom is 0.0507 e. The molecule has 0 unspecified atom stereocenters. The second-order valence-electron chi connectivity index (χ2n) is 7.21. The van der Waals surface area contributed by atoms with E-state index in [0.717, 1.165) is 43.4 Å². The molecule has 0 radical (unpaired) electrons. The first kappa shape index (κ1) is 13.8. The van der Waals surface area contributed by atoms with Crippen LogP contribution >= 0.6 is 0 Å². The molecule has 5 atom stereocenters. The van der Waals surface area contributed by atoms with Gasteiger partial charge in [-0.25, -0.2) is 0 Å². The van der Waals surface area contributed by atoms with Gasteiger partial charge in [0.2, 0.25) is 0 Å². The van der Waals surface area contributed by atoms with Crippen LogP contribution in [-0.4, -0.2) is 25.8 Å². The van der Waals surface area contributed by atoms with Crippen LogP contribution in [0, 0.1) is 17.8 Å². The molecule has 21 heavy (non-hydrogen) atoms. The first-order valence-corrected chi connectivity index (χ1v) is 8.79. The second kappa shape index (κ2) is 6.10. The molecule has 1 aromatic rings. The molecular weight excluding hydrogens is 258 g/mol. The predicted molar refractivity (Wildman–Crippen MR) is 85.3 cm³/mol. The lowest BCUT2D eigenvalue weighted by molar-refractivity contribution is 0.0240. The topological polar surface area (TPSA) is 21.3 Å². The zero-order valence-electron chi connectivity index (χ0n) is 12.8. The van der Waals surface area contributed by atoms with Gasteiger partial charge in [0.1, 0.15) is 0 Å². The lowest BCUT2D eigenvalue weighted by Gasteiger charge is -2.55. The minimum atomic E-state index is 0.707. The summed E-state index contributed by atoms with van der Waals surface area (Å²) in [7, 11) is 0. The first-order valence-electron chi connectivity index (χ1n) is 8.79.